The second-order valence-corrected chi connectivity index (χ2v) is 8.89. The Kier molecular flexibility index (Phi) is 5.21. The molecule has 0 saturated heterocycles. The van der Waals surface area contributed by atoms with Gasteiger partial charge in [0.2, 0.25) is 0 Å². The molecule has 7 heteroatoms. The molecule has 2 saturated carbocycles. The van der Waals surface area contributed by atoms with Gasteiger partial charge in [-0.05, 0) is 45.1 Å². The van der Waals surface area contributed by atoms with Crippen molar-refractivity contribution in [1.29, 1.82) is 0 Å². The first kappa shape index (κ1) is 18.5. The average molecular weight is 390 g/mol. The molecule has 1 amide bonds. The first-order chi connectivity index (χ1) is 13.1. The Balaban J connectivity index is 1.49. The average Bonchev–Trinajstić information content (AvgIpc) is 3.39. The number of carbonyl (C=O) groups excluding carboxylic acids is 2. The van der Waals surface area contributed by atoms with E-state index in [1.165, 1.54) is 50.6 Å². The number of aromatic nitrogens is 2. The van der Waals surface area contributed by atoms with E-state index in [-0.39, 0.29) is 23.8 Å². The zero-order chi connectivity index (χ0) is 19.0. The highest BCUT2D eigenvalue weighted by Crippen LogP contribution is 2.35. The normalized spacial score (nSPS) is 23.6. The van der Waals surface area contributed by atoms with Crippen molar-refractivity contribution in [3.8, 4) is 0 Å². The van der Waals surface area contributed by atoms with E-state index in [0.717, 1.165) is 33.6 Å². The molecular weight excluding hydrogens is 362 g/mol. The molecule has 2 aliphatic rings. The van der Waals surface area contributed by atoms with Crippen LogP contribution in [0.5, 0.6) is 0 Å². The van der Waals surface area contributed by atoms with Crippen molar-refractivity contribution in [2.75, 3.05) is 7.11 Å². The van der Waals surface area contributed by atoms with Crippen LogP contribution >= 0.6 is 11.3 Å². The zero-order valence-corrected chi connectivity index (χ0v) is 16.8. The number of aryl methyl sites for hydroxylation is 1. The highest BCUT2D eigenvalue weighted by molar-refractivity contribution is 7.20. The number of methoxy groups -OCH3 is 1. The predicted octanol–water partition coefficient (Wildman–Crippen LogP) is 3.98. The summed E-state index contributed by atoms with van der Waals surface area (Å²) in [5.74, 6) is -0.303. The Bertz CT molecular complexity index is 850. The van der Waals surface area contributed by atoms with E-state index in [1.807, 2.05) is 13.0 Å². The first-order valence-corrected chi connectivity index (χ1v) is 10.8. The molecule has 0 unspecified atom stereocenters. The topological polar surface area (TPSA) is 73.2 Å². The third-order valence-corrected chi connectivity index (χ3v) is 7.14. The largest absolute Gasteiger partial charge is 0.469 e. The lowest BCUT2D eigenvalue weighted by molar-refractivity contribution is -0.145. The third-order valence-electron chi connectivity index (χ3n) is 6.01. The van der Waals surface area contributed by atoms with Crippen LogP contribution in [0.1, 0.15) is 72.8 Å². The van der Waals surface area contributed by atoms with Gasteiger partial charge in [0.25, 0.3) is 5.91 Å². The lowest BCUT2D eigenvalue weighted by Gasteiger charge is -2.22. The number of carbonyl (C=O) groups is 2. The Labute approximate surface area is 163 Å². The molecule has 2 aliphatic carbocycles. The molecular formula is C20H27N3O3S. The highest BCUT2D eigenvalue weighted by Gasteiger charge is 2.32. The van der Waals surface area contributed by atoms with Crippen molar-refractivity contribution in [3.63, 3.8) is 0 Å². The molecule has 2 atom stereocenters. The van der Waals surface area contributed by atoms with Crippen molar-refractivity contribution in [2.45, 2.75) is 70.4 Å². The number of nitrogens with one attached hydrogen (secondary N) is 1. The van der Waals surface area contributed by atoms with Crippen LogP contribution in [0.25, 0.3) is 10.2 Å². The van der Waals surface area contributed by atoms with Gasteiger partial charge in [-0.25, -0.2) is 0 Å². The van der Waals surface area contributed by atoms with E-state index in [0.29, 0.717) is 12.5 Å². The fourth-order valence-electron chi connectivity index (χ4n) is 4.51. The summed E-state index contributed by atoms with van der Waals surface area (Å²) in [6.07, 6.45) is 8.44. The number of amides is 1. The minimum absolute atomic E-state index is 0.0405. The molecule has 146 valence electrons. The molecule has 2 aromatic heterocycles. The van der Waals surface area contributed by atoms with Gasteiger partial charge < -0.3 is 10.1 Å². The van der Waals surface area contributed by atoms with Crippen molar-refractivity contribution in [2.24, 2.45) is 5.92 Å². The third kappa shape index (κ3) is 3.61. The smallest absolute Gasteiger partial charge is 0.308 e. The van der Waals surface area contributed by atoms with Crippen LogP contribution in [-0.4, -0.2) is 34.8 Å². The van der Waals surface area contributed by atoms with Gasteiger partial charge in [0.1, 0.15) is 4.83 Å². The molecule has 1 N–H and O–H groups in total. The fourth-order valence-corrected chi connectivity index (χ4v) is 5.64. The maximum atomic E-state index is 12.8. The van der Waals surface area contributed by atoms with E-state index in [1.54, 1.807) is 0 Å². The van der Waals surface area contributed by atoms with Gasteiger partial charge in [-0.3, -0.25) is 14.3 Å². The van der Waals surface area contributed by atoms with E-state index in [2.05, 4.69) is 10.00 Å². The molecule has 2 heterocycles. The summed E-state index contributed by atoms with van der Waals surface area (Å²) in [7, 11) is 1.42. The summed E-state index contributed by atoms with van der Waals surface area (Å²) in [6.45, 7) is 2.02. The molecule has 2 fully saturated rings. The van der Waals surface area contributed by atoms with Crippen LogP contribution < -0.4 is 5.32 Å². The van der Waals surface area contributed by atoms with Crippen LogP contribution in [-0.2, 0) is 9.53 Å². The Morgan fingerprint density at radius 2 is 2.00 bits per heavy atom. The standard InChI is InChI=1S/C20H27N3O3S/c1-12-16-11-17(18(24)21-14-9-8-13(10-14)20(25)26-2)27-19(16)23(22-12)15-6-4-3-5-7-15/h11,13-15H,3-10H2,1-2H3,(H,21,24)/t13-,14-/m1/s1. The number of hydrogen-bond donors (Lipinski definition) is 1. The molecule has 4 rings (SSSR count). The summed E-state index contributed by atoms with van der Waals surface area (Å²) in [6, 6.07) is 2.48. The predicted molar refractivity (Wildman–Crippen MR) is 105 cm³/mol. The van der Waals surface area contributed by atoms with E-state index >= 15 is 0 Å². The minimum Gasteiger partial charge on any atom is -0.469 e. The lowest BCUT2D eigenvalue weighted by Crippen LogP contribution is -2.32. The van der Waals surface area contributed by atoms with Crippen LogP contribution in [0.15, 0.2) is 6.07 Å². The van der Waals surface area contributed by atoms with Gasteiger partial charge in [0, 0.05) is 11.4 Å². The van der Waals surface area contributed by atoms with Crippen LogP contribution in [0.3, 0.4) is 0 Å². The number of nitrogens with zero attached hydrogens (tertiary/aromatic N) is 2. The quantitative estimate of drug-likeness (QED) is 0.803. The number of hydrogen-bond acceptors (Lipinski definition) is 5. The molecule has 0 aromatic carbocycles. The fraction of sp³-hybridized carbons (Fsp3) is 0.650. The lowest BCUT2D eigenvalue weighted by atomic mass is 9.96. The van der Waals surface area contributed by atoms with Crippen LogP contribution in [0, 0.1) is 12.8 Å². The Morgan fingerprint density at radius 3 is 2.74 bits per heavy atom. The second kappa shape index (κ2) is 7.62. The summed E-state index contributed by atoms with van der Waals surface area (Å²) >= 11 is 1.54. The van der Waals surface area contributed by atoms with E-state index < -0.39 is 0 Å². The van der Waals surface area contributed by atoms with Gasteiger partial charge in [0.15, 0.2) is 0 Å². The van der Waals surface area contributed by atoms with Gasteiger partial charge in [-0.2, -0.15) is 5.10 Å². The van der Waals surface area contributed by atoms with Crippen molar-refractivity contribution >= 4 is 33.4 Å². The summed E-state index contributed by atoms with van der Waals surface area (Å²) in [5, 5.41) is 8.96. The number of ether oxygens (including phenoxy) is 1. The molecule has 0 bridgehead atoms. The number of rotatable bonds is 4. The maximum Gasteiger partial charge on any atom is 0.308 e. The maximum absolute atomic E-state index is 12.8. The monoisotopic (exact) mass is 389 g/mol. The molecule has 0 spiro atoms. The summed E-state index contributed by atoms with van der Waals surface area (Å²) < 4.78 is 6.99. The molecule has 0 radical (unpaired) electrons. The Hall–Kier alpha value is -1.89. The number of esters is 1. The van der Waals surface area contributed by atoms with Gasteiger partial charge in [0.05, 0.1) is 29.6 Å². The van der Waals surface area contributed by atoms with Gasteiger partial charge in [-0.1, -0.05) is 19.3 Å². The minimum atomic E-state index is -0.170. The van der Waals surface area contributed by atoms with E-state index in [4.69, 9.17) is 9.84 Å². The summed E-state index contributed by atoms with van der Waals surface area (Å²) in [5.41, 5.74) is 0.998. The van der Waals surface area contributed by atoms with Crippen LogP contribution in [0.4, 0.5) is 0 Å². The van der Waals surface area contributed by atoms with Crippen molar-refractivity contribution < 1.29 is 14.3 Å². The van der Waals surface area contributed by atoms with Crippen molar-refractivity contribution in [1.82, 2.24) is 15.1 Å². The van der Waals surface area contributed by atoms with Gasteiger partial charge in [-0.15, -0.1) is 11.3 Å². The summed E-state index contributed by atoms with van der Waals surface area (Å²) in [4.78, 5) is 26.3. The molecule has 27 heavy (non-hydrogen) atoms. The zero-order valence-electron chi connectivity index (χ0n) is 16.0. The highest BCUT2D eigenvalue weighted by atomic mass is 32.1. The first-order valence-electron chi connectivity index (χ1n) is 9.94. The SMILES string of the molecule is COC(=O)[C@@H]1CC[C@@H](NC(=O)c2cc3c(C)nn(C4CCCCC4)c3s2)C1. The molecule has 6 nitrogen and oxygen atoms in total. The molecule has 0 aliphatic heterocycles. The molecule has 2 aromatic rings. The van der Waals surface area contributed by atoms with Gasteiger partial charge >= 0.3 is 5.97 Å². The van der Waals surface area contributed by atoms with Crippen molar-refractivity contribution in [3.05, 3.63) is 16.6 Å². The van der Waals surface area contributed by atoms with Crippen LogP contribution in [0.2, 0.25) is 0 Å². The second-order valence-electron chi connectivity index (χ2n) is 7.85. The Morgan fingerprint density at radius 1 is 1.22 bits per heavy atom. The van der Waals surface area contributed by atoms with E-state index in [9.17, 15) is 9.59 Å². The number of thiophene rings is 1. The number of fused-ring (bicyclic) bond motifs is 1.